The molecule has 0 spiro atoms. The highest BCUT2D eigenvalue weighted by Gasteiger charge is 2.17. The normalized spacial score (nSPS) is 10.2. The van der Waals surface area contributed by atoms with Crippen LogP contribution in [0.5, 0.6) is 0 Å². The van der Waals surface area contributed by atoms with Gasteiger partial charge in [-0.2, -0.15) is 0 Å². The van der Waals surface area contributed by atoms with Crippen molar-refractivity contribution in [2.45, 2.75) is 40.5 Å². The summed E-state index contributed by atoms with van der Waals surface area (Å²) in [5.41, 5.74) is 2.22. The number of hydrogen-bond donors (Lipinski definition) is 0. The van der Waals surface area contributed by atoms with Crippen molar-refractivity contribution in [3.63, 3.8) is 0 Å². The van der Waals surface area contributed by atoms with Gasteiger partial charge in [0, 0.05) is 10.4 Å². The topological polar surface area (TPSA) is 0 Å². The van der Waals surface area contributed by atoms with Crippen molar-refractivity contribution in [3.8, 4) is 12.3 Å². The summed E-state index contributed by atoms with van der Waals surface area (Å²) in [5.74, 6) is 2.27. The van der Waals surface area contributed by atoms with E-state index in [1.54, 1.807) is 6.07 Å². The van der Waals surface area contributed by atoms with Crippen molar-refractivity contribution < 1.29 is 4.39 Å². The van der Waals surface area contributed by atoms with E-state index in [2.05, 4.69) is 5.92 Å². The number of rotatable bonds is 1. The maximum atomic E-state index is 13.8. The molecule has 0 aromatic heterocycles. The Kier molecular flexibility index (Phi) is 5.60. The molecule has 0 atom stereocenters. The van der Waals surface area contributed by atoms with Gasteiger partial charge in [0.05, 0.1) is 5.56 Å². The van der Waals surface area contributed by atoms with Crippen LogP contribution in [0.15, 0.2) is 18.2 Å². The Morgan fingerprint density at radius 2 is 1.85 bits per heavy atom. The van der Waals surface area contributed by atoms with Gasteiger partial charge in [-0.15, -0.1) is 6.42 Å². The molecular formula is C18H20ClF. The Morgan fingerprint density at radius 3 is 2.35 bits per heavy atom. The number of halogens is 2. The third-order valence-corrected chi connectivity index (χ3v) is 3.63. The standard InChI is InChI=1S/C16H14ClF.C2H6/c1-5-12-13(18)7-6-11-8-10(4)16(17)14(9(2)3)15(11)12;1-2/h1,6-9H,2-4H3;1-2H3. The fourth-order valence-corrected chi connectivity index (χ4v) is 2.67. The number of aryl methyl sites for hydroxylation is 1. The monoisotopic (exact) mass is 290 g/mol. The zero-order valence-electron chi connectivity index (χ0n) is 12.6. The summed E-state index contributed by atoms with van der Waals surface area (Å²) in [6.07, 6.45) is 5.44. The molecular weight excluding hydrogens is 271 g/mol. The quantitative estimate of drug-likeness (QED) is 0.559. The average Bonchev–Trinajstić information content (AvgIpc) is 2.42. The highest BCUT2D eigenvalue weighted by Crippen LogP contribution is 2.37. The van der Waals surface area contributed by atoms with Gasteiger partial charge >= 0.3 is 0 Å². The van der Waals surface area contributed by atoms with E-state index in [-0.39, 0.29) is 11.7 Å². The Balaban J connectivity index is 0.000000956. The van der Waals surface area contributed by atoms with Gasteiger partial charge in [0.1, 0.15) is 5.82 Å². The van der Waals surface area contributed by atoms with Gasteiger partial charge in [-0.25, -0.2) is 4.39 Å². The molecule has 0 saturated heterocycles. The van der Waals surface area contributed by atoms with Gasteiger partial charge in [-0.05, 0) is 41.5 Å². The van der Waals surface area contributed by atoms with Crippen LogP contribution in [0, 0.1) is 25.1 Å². The third-order valence-electron chi connectivity index (χ3n) is 3.13. The smallest absolute Gasteiger partial charge is 0.139 e. The lowest BCUT2D eigenvalue weighted by atomic mass is 9.91. The second-order valence-electron chi connectivity index (χ2n) is 4.74. The first-order valence-corrected chi connectivity index (χ1v) is 7.23. The predicted octanol–water partition coefficient (Wildman–Crippen LogP) is 6.07. The van der Waals surface area contributed by atoms with Crippen LogP contribution >= 0.6 is 11.6 Å². The van der Waals surface area contributed by atoms with E-state index in [9.17, 15) is 4.39 Å². The molecule has 0 aliphatic rings. The molecule has 0 radical (unpaired) electrons. The zero-order valence-corrected chi connectivity index (χ0v) is 13.4. The first-order valence-electron chi connectivity index (χ1n) is 6.85. The van der Waals surface area contributed by atoms with E-state index in [0.29, 0.717) is 10.6 Å². The molecule has 0 heterocycles. The first-order chi connectivity index (χ1) is 9.47. The van der Waals surface area contributed by atoms with Gasteiger partial charge in [0.25, 0.3) is 0 Å². The van der Waals surface area contributed by atoms with E-state index >= 15 is 0 Å². The molecule has 0 amide bonds. The van der Waals surface area contributed by atoms with Gasteiger partial charge < -0.3 is 0 Å². The van der Waals surface area contributed by atoms with Crippen LogP contribution in [0.2, 0.25) is 5.02 Å². The van der Waals surface area contributed by atoms with Gasteiger partial charge in [-0.3, -0.25) is 0 Å². The molecule has 2 aromatic carbocycles. The van der Waals surface area contributed by atoms with Crippen molar-refractivity contribution in [1.82, 2.24) is 0 Å². The largest absolute Gasteiger partial charge is 0.206 e. The van der Waals surface area contributed by atoms with Crippen LogP contribution in [-0.4, -0.2) is 0 Å². The van der Waals surface area contributed by atoms with Gasteiger partial charge in [0.15, 0.2) is 0 Å². The average molecular weight is 291 g/mol. The summed E-state index contributed by atoms with van der Waals surface area (Å²) in [4.78, 5) is 0. The van der Waals surface area contributed by atoms with Crippen LogP contribution in [-0.2, 0) is 0 Å². The Morgan fingerprint density at radius 1 is 1.25 bits per heavy atom. The minimum absolute atomic E-state index is 0.189. The van der Waals surface area contributed by atoms with Gasteiger partial charge in [0.2, 0.25) is 0 Å². The molecule has 0 unspecified atom stereocenters. The van der Waals surface area contributed by atoms with E-state index in [1.165, 1.54) is 6.07 Å². The Hall–Kier alpha value is -1.52. The van der Waals surface area contributed by atoms with E-state index in [0.717, 1.165) is 21.9 Å². The SMILES string of the molecule is C#Cc1c(F)ccc2cc(C)c(Cl)c(C(C)C)c12.CC. The first kappa shape index (κ1) is 16.5. The summed E-state index contributed by atoms with van der Waals surface area (Å²) in [7, 11) is 0. The Labute approximate surface area is 126 Å². The van der Waals surface area contributed by atoms with E-state index in [4.69, 9.17) is 18.0 Å². The number of terminal acetylenes is 1. The lowest BCUT2D eigenvalue weighted by Crippen LogP contribution is -1.98. The molecule has 0 aliphatic carbocycles. The molecule has 0 bridgehead atoms. The summed E-state index contributed by atoms with van der Waals surface area (Å²) in [6.45, 7) is 10.0. The predicted molar refractivity (Wildman–Crippen MR) is 87.0 cm³/mol. The van der Waals surface area contributed by atoms with E-state index in [1.807, 2.05) is 40.7 Å². The fraction of sp³-hybridized carbons (Fsp3) is 0.333. The summed E-state index contributed by atoms with van der Waals surface area (Å²) in [6, 6.07) is 5.11. The molecule has 0 N–H and O–H groups in total. The van der Waals surface area contributed by atoms with Crippen LogP contribution < -0.4 is 0 Å². The Bertz CT molecular complexity index is 663. The second-order valence-corrected chi connectivity index (χ2v) is 5.12. The number of fused-ring (bicyclic) bond motifs is 1. The minimum atomic E-state index is -0.369. The van der Waals surface area contributed by atoms with Crippen molar-refractivity contribution in [3.05, 3.63) is 45.7 Å². The molecule has 0 aliphatic heterocycles. The third kappa shape index (κ3) is 2.81. The van der Waals surface area contributed by atoms with Crippen LogP contribution in [0.3, 0.4) is 0 Å². The lowest BCUT2D eigenvalue weighted by Gasteiger charge is -2.16. The van der Waals surface area contributed by atoms with Crippen LogP contribution in [0.1, 0.15) is 50.3 Å². The van der Waals surface area contributed by atoms with Crippen molar-refractivity contribution in [2.75, 3.05) is 0 Å². The molecule has 0 nitrogen and oxygen atoms in total. The summed E-state index contributed by atoms with van der Waals surface area (Å²) < 4.78 is 13.8. The zero-order chi connectivity index (χ0) is 15.4. The fourth-order valence-electron chi connectivity index (χ4n) is 2.31. The van der Waals surface area contributed by atoms with Gasteiger partial charge in [-0.1, -0.05) is 51.3 Å². The highest BCUT2D eigenvalue weighted by atomic mass is 35.5. The molecule has 0 fully saturated rings. The van der Waals surface area contributed by atoms with Crippen molar-refractivity contribution >= 4 is 22.4 Å². The number of hydrogen-bond acceptors (Lipinski definition) is 0. The molecule has 20 heavy (non-hydrogen) atoms. The van der Waals surface area contributed by atoms with Crippen LogP contribution in [0.4, 0.5) is 4.39 Å². The van der Waals surface area contributed by atoms with E-state index < -0.39 is 0 Å². The van der Waals surface area contributed by atoms with Crippen molar-refractivity contribution in [2.24, 2.45) is 0 Å². The molecule has 0 saturated carbocycles. The summed E-state index contributed by atoms with van der Waals surface area (Å²) >= 11 is 6.36. The maximum absolute atomic E-state index is 13.8. The lowest BCUT2D eigenvalue weighted by molar-refractivity contribution is 0.626. The maximum Gasteiger partial charge on any atom is 0.139 e. The second kappa shape index (κ2) is 6.77. The molecule has 2 aromatic rings. The summed E-state index contributed by atoms with van der Waals surface area (Å²) in [5, 5.41) is 2.39. The highest BCUT2D eigenvalue weighted by molar-refractivity contribution is 6.33. The minimum Gasteiger partial charge on any atom is -0.206 e. The molecule has 2 rings (SSSR count). The number of benzene rings is 2. The molecule has 2 heteroatoms. The molecule has 106 valence electrons. The van der Waals surface area contributed by atoms with Crippen LogP contribution in [0.25, 0.3) is 10.8 Å². The van der Waals surface area contributed by atoms with Crippen molar-refractivity contribution in [1.29, 1.82) is 0 Å².